The zero-order chi connectivity index (χ0) is 22.1. The Morgan fingerprint density at radius 3 is 2.78 bits per heavy atom. The van der Waals surface area contributed by atoms with E-state index in [1.165, 1.54) is 30.5 Å². The second-order valence-corrected chi connectivity index (χ2v) is 9.52. The Labute approximate surface area is 190 Å². The lowest BCUT2D eigenvalue weighted by atomic mass is 9.84. The molecular weight excluding hydrogens is 400 g/mol. The number of fused-ring (bicyclic) bond motifs is 1. The van der Waals surface area contributed by atoms with E-state index >= 15 is 0 Å². The van der Waals surface area contributed by atoms with Crippen LogP contribution in [0.3, 0.4) is 0 Å². The maximum absolute atomic E-state index is 13.3. The van der Waals surface area contributed by atoms with E-state index in [1.807, 2.05) is 24.3 Å². The van der Waals surface area contributed by atoms with Gasteiger partial charge in [0.15, 0.2) is 0 Å². The van der Waals surface area contributed by atoms with Gasteiger partial charge in [0.25, 0.3) is 0 Å². The first kappa shape index (κ1) is 21.3. The first-order valence-electron chi connectivity index (χ1n) is 12.0. The summed E-state index contributed by atoms with van der Waals surface area (Å²) in [6.07, 6.45) is 8.65. The third kappa shape index (κ3) is 4.20. The highest BCUT2D eigenvalue weighted by Gasteiger charge is 2.35. The summed E-state index contributed by atoms with van der Waals surface area (Å²) in [6, 6.07) is 8.06. The minimum atomic E-state index is 0.221. The number of benzene rings is 1. The number of hydrogen-bond acceptors (Lipinski definition) is 4. The van der Waals surface area contributed by atoms with Crippen LogP contribution in [0.25, 0.3) is 5.69 Å². The molecule has 2 heterocycles. The largest absolute Gasteiger partial charge is 0.494 e. The van der Waals surface area contributed by atoms with E-state index in [9.17, 15) is 4.79 Å². The molecule has 2 fully saturated rings. The molecule has 0 N–H and O–H groups in total. The number of carbonyl (C=O) groups excluding carboxylic acids is 1. The van der Waals surface area contributed by atoms with Crippen LogP contribution in [0.15, 0.2) is 36.9 Å². The van der Waals surface area contributed by atoms with Gasteiger partial charge in [-0.1, -0.05) is 24.6 Å². The number of amides is 1. The van der Waals surface area contributed by atoms with Gasteiger partial charge in [-0.25, -0.2) is 4.68 Å². The van der Waals surface area contributed by atoms with Crippen molar-refractivity contribution in [3.8, 4) is 11.4 Å². The predicted molar refractivity (Wildman–Crippen MR) is 125 cm³/mol. The predicted octanol–water partition coefficient (Wildman–Crippen LogP) is 3.96. The van der Waals surface area contributed by atoms with Crippen molar-refractivity contribution in [2.45, 2.75) is 51.6 Å². The lowest BCUT2D eigenvalue weighted by molar-refractivity contribution is -0.139. The molecule has 0 radical (unpaired) electrons. The topological polar surface area (TPSA) is 50.6 Å². The molecule has 0 saturated heterocycles. The minimum Gasteiger partial charge on any atom is -0.494 e. The van der Waals surface area contributed by atoms with Gasteiger partial charge in [0.2, 0.25) is 5.91 Å². The van der Waals surface area contributed by atoms with E-state index < -0.39 is 0 Å². The van der Waals surface area contributed by atoms with Crippen LogP contribution in [0.2, 0.25) is 0 Å². The lowest BCUT2D eigenvalue weighted by Gasteiger charge is -2.32. The smallest absolute Gasteiger partial charge is 0.226 e. The quantitative estimate of drug-likeness (QED) is 0.561. The van der Waals surface area contributed by atoms with Crippen molar-refractivity contribution < 1.29 is 9.53 Å². The molecule has 1 amide bonds. The highest BCUT2D eigenvalue weighted by Crippen LogP contribution is 2.35. The Morgan fingerprint density at radius 1 is 1.28 bits per heavy atom. The number of nitrogens with zero attached hydrogens (tertiary/aromatic N) is 4. The Bertz CT molecular complexity index is 990. The van der Waals surface area contributed by atoms with Gasteiger partial charge in [0.1, 0.15) is 11.4 Å². The molecule has 1 aromatic carbocycles. The molecule has 0 spiro atoms. The first-order valence-corrected chi connectivity index (χ1v) is 12.0. The molecule has 5 rings (SSSR count). The van der Waals surface area contributed by atoms with Crippen LogP contribution in [0.1, 0.15) is 49.1 Å². The van der Waals surface area contributed by atoms with Crippen LogP contribution in [0.5, 0.6) is 5.75 Å². The number of rotatable bonds is 9. The summed E-state index contributed by atoms with van der Waals surface area (Å²) in [5.41, 5.74) is 4.51. The van der Waals surface area contributed by atoms with Crippen LogP contribution < -0.4 is 4.74 Å². The molecule has 6 heteroatoms. The van der Waals surface area contributed by atoms with Gasteiger partial charge in [0.05, 0.1) is 25.0 Å². The molecule has 0 atom stereocenters. The van der Waals surface area contributed by atoms with Gasteiger partial charge in [-0.15, -0.1) is 6.58 Å². The summed E-state index contributed by atoms with van der Waals surface area (Å²) in [6.45, 7) is 8.10. The van der Waals surface area contributed by atoms with Crippen molar-refractivity contribution in [3.05, 3.63) is 53.9 Å². The molecule has 2 saturated carbocycles. The summed E-state index contributed by atoms with van der Waals surface area (Å²) >= 11 is 0. The highest BCUT2D eigenvalue weighted by atomic mass is 16.5. The molecule has 0 bridgehead atoms. The summed E-state index contributed by atoms with van der Waals surface area (Å²) in [5, 5.41) is 5.11. The fourth-order valence-electron chi connectivity index (χ4n) is 4.95. The zero-order valence-corrected chi connectivity index (χ0v) is 19.1. The maximum Gasteiger partial charge on any atom is 0.226 e. The van der Waals surface area contributed by atoms with Crippen LogP contribution in [-0.4, -0.2) is 52.2 Å². The standard InChI is InChI=1S/C26H34N4O2/c1-3-14-28-15-13-23-21(17-28)22(27-30(23)24-9-4-5-10-25(24)32-2)18-29(16-19-11-12-19)26(31)20-7-6-8-20/h3-5,9-10,19-20H,1,6-8,11-18H2,2H3. The second kappa shape index (κ2) is 9.10. The van der Waals surface area contributed by atoms with Gasteiger partial charge in [0, 0.05) is 44.1 Å². The number of carbonyl (C=O) groups is 1. The van der Waals surface area contributed by atoms with Gasteiger partial charge in [-0.05, 0) is 43.7 Å². The van der Waals surface area contributed by atoms with Crippen molar-refractivity contribution in [1.29, 1.82) is 0 Å². The average molecular weight is 435 g/mol. The number of para-hydroxylation sites is 2. The number of ether oxygens (including phenoxy) is 1. The second-order valence-electron chi connectivity index (χ2n) is 9.52. The molecule has 0 unspecified atom stereocenters. The Kier molecular flexibility index (Phi) is 6.05. The maximum atomic E-state index is 13.3. The van der Waals surface area contributed by atoms with Gasteiger partial charge in [-0.3, -0.25) is 9.69 Å². The number of hydrogen-bond donors (Lipinski definition) is 0. The van der Waals surface area contributed by atoms with Crippen molar-refractivity contribution in [2.24, 2.45) is 11.8 Å². The average Bonchev–Trinajstić information content (AvgIpc) is 3.52. The molecule has 1 aromatic heterocycles. The van der Waals surface area contributed by atoms with Crippen LogP contribution in [-0.2, 0) is 24.3 Å². The minimum absolute atomic E-state index is 0.221. The fraction of sp³-hybridized carbons (Fsp3) is 0.538. The molecule has 32 heavy (non-hydrogen) atoms. The third-order valence-electron chi connectivity index (χ3n) is 7.20. The van der Waals surface area contributed by atoms with E-state index in [2.05, 4.69) is 27.1 Å². The molecule has 3 aliphatic rings. The number of aromatic nitrogens is 2. The Hall–Kier alpha value is -2.60. The molecule has 2 aliphatic carbocycles. The SMILES string of the molecule is C=CCN1CCc2c(c(CN(CC3CC3)C(=O)C3CCC3)nn2-c2ccccc2OC)C1. The normalized spacial score (nSPS) is 18.7. The molecule has 6 nitrogen and oxygen atoms in total. The van der Waals surface area contributed by atoms with E-state index in [1.54, 1.807) is 7.11 Å². The summed E-state index contributed by atoms with van der Waals surface area (Å²) in [4.78, 5) is 17.8. The third-order valence-corrected chi connectivity index (χ3v) is 7.20. The Balaban J connectivity index is 1.50. The van der Waals surface area contributed by atoms with E-state index in [0.29, 0.717) is 18.4 Å². The van der Waals surface area contributed by atoms with Gasteiger partial charge < -0.3 is 9.64 Å². The van der Waals surface area contributed by atoms with Crippen molar-refractivity contribution >= 4 is 5.91 Å². The molecule has 1 aliphatic heterocycles. The highest BCUT2D eigenvalue weighted by molar-refractivity contribution is 5.79. The van der Waals surface area contributed by atoms with Gasteiger partial charge in [-0.2, -0.15) is 5.10 Å². The van der Waals surface area contributed by atoms with Crippen molar-refractivity contribution in [2.75, 3.05) is 26.7 Å². The van der Waals surface area contributed by atoms with Crippen molar-refractivity contribution in [1.82, 2.24) is 19.6 Å². The van der Waals surface area contributed by atoms with Gasteiger partial charge >= 0.3 is 0 Å². The summed E-state index contributed by atoms with van der Waals surface area (Å²) in [7, 11) is 1.70. The van der Waals surface area contributed by atoms with Crippen LogP contribution in [0, 0.1) is 11.8 Å². The molecule has 2 aromatic rings. The lowest BCUT2D eigenvalue weighted by Crippen LogP contribution is -2.40. The molecule has 170 valence electrons. The number of methoxy groups -OCH3 is 1. The van der Waals surface area contributed by atoms with E-state index in [0.717, 1.165) is 62.6 Å². The monoisotopic (exact) mass is 434 g/mol. The fourth-order valence-corrected chi connectivity index (χ4v) is 4.95. The Morgan fingerprint density at radius 2 is 2.09 bits per heavy atom. The van der Waals surface area contributed by atoms with E-state index in [4.69, 9.17) is 9.84 Å². The summed E-state index contributed by atoms with van der Waals surface area (Å²) in [5.74, 6) is 2.04. The summed E-state index contributed by atoms with van der Waals surface area (Å²) < 4.78 is 7.71. The molecular formula is C26H34N4O2. The van der Waals surface area contributed by atoms with E-state index in [-0.39, 0.29) is 5.92 Å². The van der Waals surface area contributed by atoms with Crippen LogP contribution in [0.4, 0.5) is 0 Å². The van der Waals surface area contributed by atoms with Crippen molar-refractivity contribution in [3.63, 3.8) is 0 Å². The zero-order valence-electron chi connectivity index (χ0n) is 19.1. The first-order chi connectivity index (χ1) is 15.7. The van der Waals surface area contributed by atoms with Crippen LogP contribution >= 0.6 is 0 Å².